The average molecular weight is 251 g/mol. The fourth-order valence-corrected chi connectivity index (χ4v) is 1.84. The van der Waals surface area contributed by atoms with E-state index in [0.717, 1.165) is 19.5 Å². The van der Waals surface area contributed by atoms with Crippen LogP contribution in [0.4, 0.5) is 0 Å². The van der Waals surface area contributed by atoms with Crippen molar-refractivity contribution < 1.29 is 9.47 Å². The Kier molecular flexibility index (Phi) is 7.65. The fraction of sp³-hybridized carbons (Fsp3) is 0.600. The number of benzene rings is 1. The van der Waals surface area contributed by atoms with Crippen LogP contribution in [0.1, 0.15) is 19.4 Å². The van der Waals surface area contributed by atoms with Crippen LogP contribution in [-0.2, 0) is 15.9 Å². The van der Waals surface area contributed by atoms with Crippen molar-refractivity contribution >= 4 is 0 Å². The maximum Gasteiger partial charge on any atom is 0.170 e. The molecule has 0 saturated carbocycles. The van der Waals surface area contributed by atoms with E-state index in [-0.39, 0.29) is 6.29 Å². The third-order valence-corrected chi connectivity index (χ3v) is 2.79. The quantitative estimate of drug-likeness (QED) is 0.630. The maximum atomic E-state index is 5.54. The van der Waals surface area contributed by atoms with Crippen molar-refractivity contribution in [1.82, 2.24) is 4.90 Å². The Morgan fingerprint density at radius 2 is 1.67 bits per heavy atom. The first-order valence-electron chi connectivity index (χ1n) is 6.72. The Morgan fingerprint density at radius 1 is 1.06 bits per heavy atom. The van der Waals surface area contributed by atoms with Gasteiger partial charge in [0.2, 0.25) is 0 Å². The second kappa shape index (κ2) is 9.09. The Labute approximate surface area is 111 Å². The summed E-state index contributed by atoms with van der Waals surface area (Å²) >= 11 is 0. The summed E-state index contributed by atoms with van der Waals surface area (Å²) in [6, 6.07) is 10.5. The molecule has 18 heavy (non-hydrogen) atoms. The summed E-state index contributed by atoms with van der Waals surface area (Å²) in [7, 11) is 2.11. The van der Waals surface area contributed by atoms with Gasteiger partial charge >= 0.3 is 0 Å². The smallest absolute Gasteiger partial charge is 0.170 e. The Bertz CT molecular complexity index is 297. The minimum atomic E-state index is -0.110. The number of nitrogens with zero attached hydrogens (tertiary/aromatic N) is 1. The minimum absolute atomic E-state index is 0.110. The van der Waals surface area contributed by atoms with Crippen molar-refractivity contribution in [3.63, 3.8) is 0 Å². The van der Waals surface area contributed by atoms with E-state index >= 15 is 0 Å². The molecule has 0 saturated heterocycles. The van der Waals surface area contributed by atoms with E-state index < -0.39 is 0 Å². The van der Waals surface area contributed by atoms with E-state index in [4.69, 9.17) is 9.47 Å². The third-order valence-electron chi connectivity index (χ3n) is 2.79. The average Bonchev–Trinajstić information content (AvgIpc) is 2.38. The molecule has 1 rings (SSSR count). The van der Waals surface area contributed by atoms with Crippen LogP contribution in [0.25, 0.3) is 0 Å². The highest BCUT2D eigenvalue weighted by atomic mass is 16.7. The van der Waals surface area contributed by atoms with Gasteiger partial charge in [0, 0.05) is 26.3 Å². The monoisotopic (exact) mass is 251 g/mol. The molecule has 0 amide bonds. The molecular formula is C15H25NO2. The van der Waals surface area contributed by atoms with Gasteiger partial charge in [0.15, 0.2) is 6.29 Å². The summed E-state index contributed by atoms with van der Waals surface area (Å²) in [5, 5.41) is 0. The van der Waals surface area contributed by atoms with Crippen LogP contribution < -0.4 is 0 Å². The van der Waals surface area contributed by atoms with Crippen LogP contribution in [0.5, 0.6) is 0 Å². The summed E-state index contributed by atoms with van der Waals surface area (Å²) < 4.78 is 11.1. The molecule has 0 atom stereocenters. The first kappa shape index (κ1) is 15.2. The summed E-state index contributed by atoms with van der Waals surface area (Å²) in [6.07, 6.45) is 0.947. The standard InChI is InChI=1S/C15H25NO2/c1-4-17-15(18-5-2)13-16(3)12-11-14-9-7-6-8-10-14/h6-10,15H,4-5,11-13H2,1-3H3. The molecule has 1 aromatic rings. The van der Waals surface area contributed by atoms with Crippen molar-refractivity contribution in [3.8, 4) is 0 Å². The van der Waals surface area contributed by atoms with E-state index in [1.165, 1.54) is 5.56 Å². The van der Waals surface area contributed by atoms with Crippen molar-refractivity contribution in [1.29, 1.82) is 0 Å². The molecule has 0 aromatic heterocycles. The van der Waals surface area contributed by atoms with Crippen LogP contribution in [0.3, 0.4) is 0 Å². The highest BCUT2D eigenvalue weighted by Gasteiger charge is 2.11. The van der Waals surface area contributed by atoms with Gasteiger partial charge in [-0.3, -0.25) is 0 Å². The topological polar surface area (TPSA) is 21.7 Å². The molecule has 3 heteroatoms. The molecule has 0 heterocycles. The van der Waals surface area contributed by atoms with Gasteiger partial charge in [0.05, 0.1) is 0 Å². The Morgan fingerprint density at radius 3 is 2.22 bits per heavy atom. The number of ether oxygens (including phenoxy) is 2. The number of hydrogen-bond acceptors (Lipinski definition) is 3. The van der Waals surface area contributed by atoms with Crippen molar-refractivity contribution in [2.45, 2.75) is 26.6 Å². The summed E-state index contributed by atoms with van der Waals surface area (Å²) in [4.78, 5) is 2.25. The Balaban J connectivity index is 2.29. The minimum Gasteiger partial charge on any atom is -0.352 e. The Hall–Kier alpha value is -0.900. The molecule has 0 aliphatic carbocycles. The summed E-state index contributed by atoms with van der Waals surface area (Å²) in [5.74, 6) is 0. The van der Waals surface area contributed by atoms with Gasteiger partial charge in [-0.25, -0.2) is 0 Å². The van der Waals surface area contributed by atoms with Crippen LogP contribution in [0, 0.1) is 0 Å². The molecular weight excluding hydrogens is 226 g/mol. The first-order valence-corrected chi connectivity index (χ1v) is 6.72. The van der Waals surface area contributed by atoms with E-state index in [2.05, 4.69) is 36.2 Å². The maximum absolute atomic E-state index is 5.54. The van der Waals surface area contributed by atoms with Gasteiger partial charge in [-0.1, -0.05) is 30.3 Å². The van der Waals surface area contributed by atoms with Crippen molar-refractivity contribution in [2.75, 3.05) is 33.4 Å². The van der Waals surface area contributed by atoms with Crippen molar-refractivity contribution in [2.24, 2.45) is 0 Å². The largest absolute Gasteiger partial charge is 0.352 e. The molecule has 0 bridgehead atoms. The predicted octanol–water partition coefficient (Wildman–Crippen LogP) is 2.56. The lowest BCUT2D eigenvalue weighted by Gasteiger charge is -2.23. The number of likely N-dealkylation sites (N-methyl/N-ethyl adjacent to an activating group) is 1. The third kappa shape index (κ3) is 6.15. The van der Waals surface area contributed by atoms with E-state index in [0.29, 0.717) is 13.2 Å². The van der Waals surface area contributed by atoms with Crippen LogP contribution in [0.15, 0.2) is 30.3 Å². The molecule has 0 spiro atoms. The lowest BCUT2D eigenvalue weighted by Crippen LogP contribution is -2.34. The van der Waals surface area contributed by atoms with Gasteiger partial charge in [-0.05, 0) is 32.9 Å². The van der Waals surface area contributed by atoms with Gasteiger partial charge in [0.1, 0.15) is 0 Å². The van der Waals surface area contributed by atoms with Crippen molar-refractivity contribution in [3.05, 3.63) is 35.9 Å². The van der Waals surface area contributed by atoms with Crippen LogP contribution >= 0.6 is 0 Å². The van der Waals surface area contributed by atoms with Crippen LogP contribution in [-0.4, -0.2) is 44.5 Å². The second-order valence-electron chi connectivity index (χ2n) is 4.34. The molecule has 0 unspecified atom stereocenters. The lowest BCUT2D eigenvalue weighted by atomic mass is 10.1. The molecule has 102 valence electrons. The normalized spacial score (nSPS) is 11.4. The van der Waals surface area contributed by atoms with E-state index in [1.807, 2.05) is 19.9 Å². The lowest BCUT2D eigenvalue weighted by molar-refractivity contribution is -0.145. The number of hydrogen-bond donors (Lipinski definition) is 0. The van der Waals surface area contributed by atoms with E-state index in [1.54, 1.807) is 0 Å². The van der Waals surface area contributed by atoms with Gasteiger partial charge < -0.3 is 14.4 Å². The SMILES string of the molecule is CCOC(CN(C)CCc1ccccc1)OCC. The molecule has 0 N–H and O–H groups in total. The van der Waals surface area contributed by atoms with Gasteiger partial charge in [-0.15, -0.1) is 0 Å². The molecule has 1 aromatic carbocycles. The second-order valence-corrected chi connectivity index (χ2v) is 4.34. The summed E-state index contributed by atoms with van der Waals surface area (Å²) in [5.41, 5.74) is 1.37. The summed E-state index contributed by atoms with van der Waals surface area (Å²) in [6.45, 7) is 7.20. The number of rotatable bonds is 9. The van der Waals surface area contributed by atoms with Crippen LogP contribution in [0.2, 0.25) is 0 Å². The zero-order chi connectivity index (χ0) is 13.2. The van der Waals surface area contributed by atoms with Gasteiger partial charge in [-0.2, -0.15) is 0 Å². The molecule has 0 radical (unpaired) electrons. The zero-order valence-electron chi connectivity index (χ0n) is 11.8. The molecule has 3 nitrogen and oxygen atoms in total. The molecule has 0 aliphatic rings. The molecule has 0 fully saturated rings. The fourth-order valence-electron chi connectivity index (χ4n) is 1.84. The highest BCUT2D eigenvalue weighted by molar-refractivity contribution is 5.14. The molecule has 0 aliphatic heterocycles. The predicted molar refractivity (Wildman–Crippen MR) is 74.7 cm³/mol. The first-order chi connectivity index (χ1) is 8.76. The van der Waals surface area contributed by atoms with Gasteiger partial charge in [0.25, 0.3) is 0 Å². The van der Waals surface area contributed by atoms with E-state index in [9.17, 15) is 0 Å². The zero-order valence-corrected chi connectivity index (χ0v) is 11.8. The highest BCUT2D eigenvalue weighted by Crippen LogP contribution is 2.03.